The summed E-state index contributed by atoms with van der Waals surface area (Å²) in [5, 5.41) is 9.09. The summed E-state index contributed by atoms with van der Waals surface area (Å²) in [5.41, 5.74) is 1.93. The van der Waals surface area contributed by atoms with Crippen LogP contribution in [0.4, 0.5) is 0 Å². The number of halogens is 3. The predicted molar refractivity (Wildman–Crippen MR) is 87.6 cm³/mol. The lowest BCUT2D eigenvalue weighted by Gasteiger charge is -2.21. The third kappa shape index (κ3) is 3.19. The number of hydrogen-bond acceptors (Lipinski definition) is 2. The number of hydrogen-bond donors (Lipinski definition) is 1. The third-order valence-electron chi connectivity index (χ3n) is 3.08. The van der Waals surface area contributed by atoms with E-state index in [0.717, 1.165) is 28.8 Å². The standard InChI is InChI=1S/C14H16BrCl2N3/c1-3-18-13(10-7-9(15)5-6-11(10)16)14-12(17)8-19-20(14)4-2/h5-8,13,18H,3-4H2,1-2H3. The summed E-state index contributed by atoms with van der Waals surface area (Å²) in [6.45, 7) is 5.66. The number of nitrogens with zero attached hydrogens (tertiary/aromatic N) is 2. The van der Waals surface area contributed by atoms with Crippen molar-refractivity contribution in [3.05, 3.63) is 50.2 Å². The molecule has 1 unspecified atom stereocenters. The van der Waals surface area contributed by atoms with Crippen molar-refractivity contribution in [3.63, 3.8) is 0 Å². The first-order valence-electron chi connectivity index (χ1n) is 6.48. The van der Waals surface area contributed by atoms with E-state index < -0.39 is 0 Å². The highest BCUT2D eigenvalue weighted by Crippen LogP contribution is 2.34. The molecule has 2 rings (SSSR count). The van der Waals surface area contributed by atoms with Crippen LogP contribution in [-0.4, -0.2) is 16.3 Å². The summed E-state index contributed by atoms with van der Waals surface area (Å²) in [6.07, 6.45) is 1.68. The molecular formula is C14H16BrCl2N3. The molecule has 6 heteroatoms. The van der Waals surface area contributed by atoms with Crippen molar-refractivity contribution in [1.29, 1.82) is 0 Å². The van der Waals surface area contributed by atoms with Crippen molar-refractivity contribution >= 4 is 39.1 Å². The van der Waals surface area contributed by atoms with E-state index in [1.54, 1.807) is 6.20 Å². The van der Waals surface area contributed by atoms with Gasteiger partial charge >= 0.3 is 0 Å². The van der Waals surface area contributed by atoms with Crippen LogP contribution >= 0.6 is 39.1 Å². The van der Waals surface area contributed by atoms with Crippen molar-refractivity contribution in [2.24, 2.45) is 0 Å². The van der Waals surface area contributed by atoms with Crippen LogP contribution in [0.15, 0.2) is 28.9 Å². The van der Waals surface area contributed by atoms with E-state index in [4.69, 9.17) is 23.2 Å². The molecule has 108 valence electrons. The second-order valence-corrected chi connectivity index (χ2v) is 6.08. The molecule has 0 saturated heterocycles. The first kappa shape index (κ1) is 15.8. The molecule has 1 aromatic carbocycles. The van der Waals surface area contributed by atoms with Crippen molar-refractivity contribution < 1.29 is 0 Å². The van der Waals surface area contributed by atoms with Gasteiger partial charge in [-0.05, 0) is 37.2 Å². The molecule has 1 N–H and O–H groups in total. The lowest BCUT2D eigenvalue weighted by molar-refractivity contribution is 0.542. The zero-order valence-corrected chi connectivity index (χ0v) is 14.4. The molecule has 0 aliphatic rings. The van der Waals surface area contributed by atoms with Gasteiger partial charge < -0.3 is 5.32 Å². The fourth-order valence-corrected chi connectivity index (χ4v) is 3.06. The Balaban J connectivity index is 2.56. The molecule has 0 aliphatic heterocycles. The zero-order chi connectivity index (χ0) is 14.7. The Morgan fingerprint density at radius 1 is 1.30 bits per heavy atom. The molecular weight excluding hydrogens is 361 g/mol. The van der Waals surface area contributed by atoms with Gasteiger partial charge in [-0.15, -0.1) is 0 Å². The summed E-state index contributed by atoms with van der Waals surface area (Å²) < 4.78 is 2.88. The van der Waals surface area contributed by atoms with Crippen molar-refractivity contribution in [3.8, 4) is 0 Å². The SMILES string of the molecule is CCNC(c1cc(Br)ccc1Cl)c1c(Cl)cnn1CC. The summed E-state index contributed by atoms with van der Waals surface area (Å²) in [4.78, 5) is 0. The Kier molecular flexibility index (Phi) is 5.49. The first-order chi connectivity index (χ1) is 9.58. The van der Waals surface area contributed by atoms with Crippen LogP contribution in [0.5, 0.6) is 0 Å². The van der Waals surface area contributed by atoms with Gasteiger partial charge in [-0.25, -0.2) is 0 Å². The van der Waals surface area contributed by atoms with E-state index >= 15 is 0 Å². The number of nitrogens with one attached hydrogen (secondary N) is 1. The fourth-order valence-electron chi connectivity index (χ4n) is 2.20. The topological polar surface area (TPSA) is 29.9 Å². The van der Waals surface area contributed by atoms with Crippen LogP contribution in [0.2, 0.25) is 10.0 Å². The van der Waals surface area contributed by atoms with Gasteiger partial charge in [0.2, 0.25) is 0 Å². The second kappa shape index (κ2) is 6.94. The van der Waals surface area contributed by atoms with Gasteiger partial charge in [0.05, 0.1) is 23.0 Å². The maximum absolute atomic E-state index is 6.36. The quantitative estimate of drug-likeness (QED) is 0.821. The number of benzene rings is 1. The molecule has 0 amide bonds. The smallest absolute Gasteiger partial charge is 0.0837 e. The van der Waals surface area contributed by atoms with Gasteiger partial charge in [0.15, 0.2) is 0 Å². The number of aromatic nitrogens is 2. The van der Waals surface area contributed by atoms with Crippen molar-refractivity contribution in [1.82, 2.24) is 15.1 Å². The van der Waals surface area contributed by atoms with Crippen LogP contribution in [-0.2, 0) is 6.54 Å². The van der Waals surface area contributed by atoms with E-state index in [1.807, 2.05) is 29.8 Å². The van der Waals surface area contributed by atoms with E-state index in [1.165, 1.54) is 0 Å². The van der Waals surface area contributed by atoms with E-state index in [0.29, 0.717) is 10.0 Å². The molecule has 0 saturated carbocycles. The summed E-state index contributed by atoms with van der Waals surface area (Å²) in [7, 11) is 0. The Labute approximate surface area is 137 Å². The normalized spacial score (nSPS) is 12.7. The average molecular weight is 377 g/mol. The van der Waals surface area contributed by atoms with Gasteiger partial charge in [-0.3, -0.25) is 4.68 Å². The minimum absolute atomic E-state index is 0.0834. The minimum Gasteiger partial charge on any atom is -0.305 e. The molecule has 1 heterocycles. The first-order valence-corrected chi connectivity index (χ1v) is 8.02. The van der Waals surface area contributed by atoms with Crippen LogP contribution < -0.4 is 5.32 Å². The molecule has 0 spiro atoms. The Bertz CT molecular complexity index is 598. The van der Waals surface area contributed by atoms with E-state index in [-0.39, 0.29) is 6.04 Å². The lowest BCUT2D eigenvalue weighted by Crippen LogP contribution is -2.25. The average Bonchev–Trinajstić information content (AvgIpc) is 2.80. The molecule has 1 aromatic heterocycles. The highest BCUT2D eigenvalue weighted by molar-refractivity contribution is 9.10. The highest BCUT2D eigenvalue weighted by Gasteiger charge is 2.23. The molecule has 0 fully saturated rings. The van der Waals surface area contributed by atoms with Gasteiger partial charge in [-0.2, -0.15) is 5.10 Å². The molecule has 1 atom stereocenters. The molecule has 0 radical (unpaired) electrons. The summed E-state index contributed by atoms with van der Waals surface area (Å²) in [6, 6.07) is 5.73. The molecule has 0 aliphatic carbocycles. The van der Waals surface area contributed by atoms with Crippen LogP contribution in [0.3, 0.4) is 0 Å². The van der Waals surface area contributed by atoms with Crippen molar-refractivity contribution in [2.45, 2.75) is 26.4 Å². The Morgan fingerprint density at radius 3 is 2.70 bits per heavy atom. The number of aryl methyl sites for hydroxylation is 1. The molecule has 2 aromatic rings. The van der Waals surface area contributed by atoms with Gasteiger partial charge in [0, 0.05) is 16.0 Å². The molecule has 20 heavy (non-hydrogen) atoms. The summed E-state index contributed by atoms with van der Waals surface area (Å²) >= 11 is 16.2. The van der Waals surface area contributed by atoms with E-state index in [9.17, 15) is 0 Å². The van der Waals surface area contributed by atoms with Crippen LogP contribution in [0, 0.1) is 0 Å². The maximum atomic E-state index is 6.36. The van der Waals surface area contributed by atoms with Gasteiger partial charge in [0.25, 0.3) is 0 Å². The minimum atomic E-state index is -0.0834. The Morgan fingerprint density at radius 2 is 2.05 bits per heavy atom. The maximum Gasteiger partial charge on any atom is 0.0837 e. The highest BCUT2D eigenvalue weighted by atomic mass is 79.9. The van der Waals surface area contributed by atoms with Crippen LogP contribution in [0.1, 0.15) is 31.1 Å². The van der Waals surface area contributed by atoms with Gasteiger partial charge in [-0.1, -0.05) is 46.1 Å². The number of rotatable bonds is 5. The predicted octanol–water partition coefficient (Wildman–Crippen LogP) is 4.67. The van der Waals surface area contributed by atoms with Gasteiger partial charge in [0.1, 0.15) is 0 Å². The second-order valence-electron chi connectivity index (χ2n) is 4.35. The zero-order valence-electron chi connectivity index (χ0n) is 11.3. The van der Waals surface area contributed by atoms with E-state index in [2.05, 4.69) is 33.3 Å². The molecule has 0 bridgehead atoms. The monoisotopic (exact) mass is 375 g/mol. The summed E-state index contributed by atoms with van der Waals surface area (Å²) in [5.74, 6) is 0. The molecule has 3 nitrogen and oxygen atoms in total. The van der Waals surface area contributed by atoms with Crippen LogP contribution in [0.25, 0.3) is 0 Å². The fraction of sp³-hybridized carbons (Fsp3) is 0.357. The lowest BCUT2D eigenvalue weighted by atomic mass is 10.0. The Hall–Kier alpha value is -0.550. The third-order valence-corrected chi connectivity index (χ3v) is 4.21. The largest absolute Gasteiger partial charge is 0.305 e. The van der Waals surface area contributed by atoms with Crippen molar-refractivity contribution in [2.75, 3.05) is 6.54 Å².